The summed E-state index contributed by atoms with van der Waals surface area (Å²) < 4.78 is 12.9. The molecule has 0 unspecified atom stereocenters. The molecule has 4 N–H and O–H groups in total. The summed E-state index contributed by atoms with van der Waals surface area (Å²) in [4.78, 5) is 27.6. The molecule has 0 aliphatic heterocycles. The minimum atomic E-state index is -1.22. The molecule has 52 heavy (non-hydrogen) atoms. The molecular formula is C44H40N2O4S2. The van der Waals surface area contributed by atoms with E-state index in [1.165, 1.54) is 21.6 Å². The maximum atomic E-state index is 13.8. The van der Waals surface area contributed by atoms with Gasteiger partial charge in [0.1, 0.15) is 12.1 Å². The second kappa shape index (κ2) is 17.4. The molecule has 6 aromatic carbocycles. The number of hydrogen-bond donors (Lipinski definition) is 2. The predicted octanol–water partition coefficient (Wildman–Crippen LogP) is 8.09. The van der Waals surface area contributed by atoms with Gasteiger partial charge in [0, 0.05) is 44.9 Å². The molecule has 0 fully saturated rings. The van der Waals surface area contributed by atoms with E-state index in [-0.39, 0.29) is 11.5 Å². The molecule has 2 atom stereocenters. The second-order valence-electron chi connectivity index (χ2n) is 12.2. The van der Waals surface area contributed by atoms with Crippen LogP contribution in [0.5, 0.6) is 0 Å². The van der Waals surface area contributed by atoms with Crippen LogP contribution in [0, 0.1) is 0 Å². The van der Waals surface area contributed by atoms with Crippen molar-refractivity contribution in [2.45, 2.75) is 23.3 Å². The van der Waals surface area contributed by atoms with Crippen molar-refractivity contribution in [3.63, 3.8) is 0 Å². The van der Waals surface area contributed by atoms with Gasteiger partial charge in [0.15, 0.2) is 11.2 Å². The molecule has 0 amide bonds. The van der Waals surface area contributed by atoms with E-state index < -0.39 is 35.2 Å². The highest BCUT2D eigenvalue weighted by Crippen LogP contribution is 2.42. The predicted molar refractivity (Wildman–Crippen MR) is 211 cm³/mol. The van der Waals surface area contributed by atoms with Crippen LogP contribution < -0.4 is 11.5 Å². The SMILES string of the molecule is N[C@@H](CSSC[C@H](N)C(=O)OC(c1ccccc1)(c1ccccc1)c1ccccc1)C(=O)OC(c1ccccc1)(c1ccccc1)c1ccccc1. The molecular weight excluding hydrogens is 685 g/mol. The second-order valence-corrected chi connectivity index (χ2v) is 14.7. The van der Waals surface area contributed by atoms with Crippen molar-refractivity contribution in [3.05, 3.63) is 215 Å². The summed E-state index contributed by atoms with van der Waals surface area (Å²) >= 11 is 0. The van der Waals surface area contributed by atoms with E-state index in [1.54, 1.807) is 0 Å². The van der Waals surface area contributed by atoms with Crippen LogP contribution in [0.15, 0.2) is 182 Å². The average Bonchev–Trinajstić information content (AvgIpc) is 3.22. The Morgan fingerprint density at radius 1 is 0.404 bits per heavy atom. The number of nitrogens with two attached hydrogens (primary N) is 2. The van der Waals surface area contributed by atoms with Gasteiger partial charge in [-0.15, -0.1) is 0 Å². The van der Waals surface area contributed by atoms with E-state index in [0.29, 0.717) is 0 Å². The van der Waals surface area contributed by atoms with Crippen molar-refractivity contribution in [1.29, 1.82) is 0 Å². The van der Waals surface area contributed by atoms with Crippen LogP contribution in [0.1, 0.15) is 33.4 Å². The molecule has 262 valence electrons. The number of esters is 2. The van der Waals surface area contributed by atoms with E-state index in [0.717, 1.165) is 33.4 Å². The van der Waals surface area contributed by atoms with Crippen LogP contribution >= 0.6 is 21.6 Å². The molecule has 6 rings (SSSR count). The molecule has 0 radical (unpaired) electrons. The molecule has 8 heteroatoms. The minimum absolute atomic E-state index is 0.238. The van der Waals surface area contributed by atoms with Gasteiger partial charge in [-0.2, -0.15) is 0 Å². The van der Waals surface area contributed by atoms with Crippen molar-refractivity contribution < 1.29 is 19.1 Å². The van der Waals surface area contributed by atoms with Crippen LogP contribution in [-0.2, 0) is 30.3 Å². The summed E-state index contributed by atoms with van der Waals surface area (Å²) in [5.74, 6) is -0.623. The Morgan fingerprint density at radius 3 is 0.788 bits per heavy atom. The fourth-order valence-corrected chi connectivity index (χ4v) is 8.44. The van der Waals surface area contributed by atoms with Crippen LogP contribution in [0.2, 0.25) is 0 Å². The van der Waals surface area contributed by atoms with Gasteiger partial charge in [-0.25, -0.2) is 0 Å². The number of benzene rings is 6. The van der Waals surface area contributed by atoms with Crippen LogP contribution in [0.3, 0.4) is 0 Å². The van der Waals surface area contributed by atoms with Gasteiger partial charge in [0.05, 0.1) is 0 Å². The van der Waals surface area contributed by atoms with Crippen molar-refractivity contribution in [1.82, 2.24) is 0 Å². The fourth-order valence-electron chi connectivity index (χ4n) is 6.22. The third kappa shape index (κ3) is 8.01. The maximum Gasteiger partial charge on any atom is 0.325 e. The Labute approximate surface area is 313 Å². The standard InChI is InChI=1S/C44H40N2O4S2/c45-39(41(47)49-43(33-19-7-1-8-20-33,34-21-9-2-10-22-34)35-23-11-3-12-24-35)31-51-52-32-40(46)42(48)50-44(36-25-13-4-14-26-36,37-27-15-5-16-28-37)38-29-17-6-18-30-38/h1-30,39-40H,31-32,45-46H2/t39-,40-/m0/s1. The summed E-state index contributed by atoms with van der Waals surface area (Å²) in [5, 5.41) is 0. The van der Waals surface area contributed by atoms with Gasteiger partial charge in [-0.3, -0.25) is 9.59 Å². The molecule has 0 aliphatic rings. The van der Waals surface area contributed by atoms with Crippen LogP contribution in [0.25, 0.3) is 0 Å². The first-order valence-electron chi connectivity index (χ1n) is 17.0. The normalized spacial score (nSPS) is 12.7. The Morgan fingerprint density at radius 2 is 0.596 bits per heavy atom. The zero-order chi connectivity index (χ0) is 36.2. The third-order valence-corrected chi connectivity index (χ3v) is 11.2. The molecule has 0 aliphatic carbocycles. The molecule has 0 bridgehead atoms. The van der Waals surface area contributed by atoms with Gasteiger partial charge in [0.25, 0.3) is 0 Å². The number of ether oxygens (including phenoxy) is 2. The topological polar surface area (TPSA) is 105 Å². The lowest BCUT2D eigenvalue weighted by Crippen LogP contribution is -2.43. The third-order valence-electron chi connectivity index (χ3n) is 8.77. The highest BCUT2D eigenvalue weighted by Gasteiger charge is 2.43. The summed E-state index contributed by atoms with van der Waals surface area (Å²) in [7, 11) is 2.72. The van der Waals surface area contributed by atoms with Gasteiger partial charge < -0.3 is 20.9 Å². The first-order valence-corrected chi connectivity index (χ1v) is 19.5. The lowest BCUT2D eigenvalue weighted by Gasteiger charge is -2.36. The van der Waals surface area contributed by atoms with Crippen molar-refractivity contribution in [3.8, 4) is 0 Å². The molecule has 0 heterocycles. The smallest absolute Gasteiger partial charge is 0.325 e. The summed E-state index contributed by atoms with van der Waals surface area (Å²) in [6, 6.07) is 56.2. The maximum absolute atomic E-state index is 13.8. The lowest BCUT2D eigenvalue weighted by molar-refractivity contribution is -0.155. The monoisotopic (exact) mass is 724 g/mol. The van der Waals surface area contributed by atoms with E-state index in [9.17, 15) is 9.59 Å². The quantitative estimate of drug-likeness (QED) is 0.0474. The highest BCUT2D eigenvalue weighted by atomic mass is 33.1. The molecule has 0 saturated carbocycles. The first kappa shape index (κ1) is 36.7. The summed E-state index contributed by atoms with van der Waals surface area (Å²) in [5.41, 5.74) is 15.3. The van der Waals surface area contributed by atoms with Crippen LogP contribution in [0.4, 0.5) is 0 Å². The first-order chi connectivity index (χ1) is 25.4. The summed E-state index contributed by atoms with van der Waals surface area (Å²) in [6.07, 6.45) is 0. The highest BCUT2D eigenvalue weighted by molar-refractivity contribution is 8.76. The molecule has 0 aromatic heterocycles. The number of carbonyl (C=O) groups is 2. The summed E-state index contributed by atoms with van der Waals surface area (Å²) in [6.45, 7) is 0. The van der Waals surface area contributed by atoms with E-state index in [4.69, 9.17) is 20.9 Å². The van der Waals surface area contributed by atoms with Crippen molar-refractivity contribution in [2.75, 3.05) is 11.5 Å². The van der Waals surface area contributed by atoms with Crippen molar-refractivity contribution >= 4 is 33.5 Å². The zero-order valence-electron chi connectivity index (χ0n) is 28.5. The van der Waals surface area contributed by atoms with Crippen molar-refractivity contribution in [2.24, 2.45) is 11.5 Å². The van der Waals surface area contributed by atoms with Gasteiger partial charge in [0.2, 0.25) is 0 Å². The largest absolute Gasteiger partial charge is 0.443 e. The number of rotatable bonds is 15. The van der Waals surface area contributed by atoms with Gasteiger partial charge >= 0.3 is 11.9 Å². The van der Waals surface area contributed by atoms with E-state index >= 15 is 0 Å². The zero-order valence-corrected chi connectivity index (χ0v) is 30.1. The number of hydrogen-bond acceptors (Lipinski definition) is 8. The molecule has 0 spiro atoms. The number of carbonyl (C=O) groups excluding carboxylic acids is 2. The van der Waals surface area contributed by atoms with Gasteiger partial charge in [-0.05, 0) is 0 Å². The Bertz CT molecular complexity index is 1660. The van der Waals surface area contributed by atoms with E-state index in [1.807, 2.05) is 182 Å². The minimum Gasteiger partial charge on any atom is -0.443 e. The Hall–Kier alpha value is -5.12. The van der Waals surface area contributed by atoms with Crippen LogP contribution in [-0.4, -0.2) is 35.5 Å². The van der Waals surface area contributed by atoms with E-state index in [2.05, 4.69) is 0 Å². The molecule has 0 saturated heterocycles. The molecule has 6 nitrogen and oxygen atoms in total. The Kier molecular flexibility index (Phi) is 12.3. The fraction of sp³-hybridized carbons (Fsp3) is 0.136. The average molecular weight is 725 g/mol. The van der Waals surface area contributed by atoms with Gasteiger partial charge in [-0.1, -0.05) is 204 Å². The molecule has 6 aromatic rings. The Balaban J connectivity index is 1.15. The lowest BCUT2D eigenvalue weighted by atomic mass is 9.80.